The van der Waals surface area contributed by atoms with Crippen LogP contribution in [0.5, 0.6) is 0 Å². The van der Waals surface area contributed by atoms with Crippen LogP contribution >= 0.6 is 0 Å². The summed E-state index contributed by atoms with van der Waals surface area (Å²) in [5.74, 6) is -0.218. The normalized spacial score (nSPS) is 13.3. The molecule has 0 amide bonds. The molecule has 0 aliphatic rings. The Morgan fingerprint density at radius 2 is 0.818 bits per heavy atom. The van der Waals surface area contributed by atoms with Crippen molar-refractivity contribution in [1.29, 1.82) is 0 Å². The van der Waals surface area contributed by atoms with Crippen molar-refractivity contribution in [3.8, 4) is 0 Å². The van der Waals surface area contributed by atoms with Crippen molar-refractivity contribution in [2.45, 2.75) is 200 Å². The molecule has 0 aromatic carbocycles. The Labute approximate surface area is 341 Å². The largest absolute Gasteiger partial charge is 0.457 e. The Balaban J connectivity index is 3.56. The zero-order valence-electron chi connectivity index (χ0n) is 35.9. The van der Waals surface area contributed by atoms with E-state index in [2.05, 4.69) is 111 Å². The molecule has 4 heteroatoms. The summed E-state index contributed by atoms with van der Waals surface area (Å²) in [6, 6.07) is 0. The van der Waals surface area contributed by atoms with Gasteiger partial charge in [-0.05, 0) is 96.3 Å². The van der Waals surface area contributed by atoms with E-state index in [1.807, 2.05) is 0 Å². The van der Waals surface area contributed by atoms with Crippen LogP contribution in [0.15, 0.2) is 97.2 Å². The fraction of sp³-hybridized carbons (Fsp3) is 0.667. The third-order valence-electron chi connectivity index (χ3n) is 9.39. The quantitative estimate of drug-likeness (QED) is 0.0383. The van der Waals surface area contributed by atoms with Gasteiger partial charge in [0.2, 0.25) is 0 Å². The SMILES string of the molecule is CC/C=C\C/C=C\C/C=C\C/C=C\C/C=C\C/C=C\C/C=C\CCCCCCOCC(CO)OC(=O)CCCCCCCCC/C=C\CCCCCCCC. The molecule has 0 saturated carbocycles. The summed E-state index contributed by atoms with van der Waals surface area (Å²) in [4.78, 5) is 12.2. The van der Waals surface area contributed by atoms with E-state index in [4.69, 9.17) is 9.47 Å². The predicted octanol–water partition coefficient (Wildman–Crippen LogP) is 15.3. The molecule has 0 aliphatic heterocycles. The number of unbranched alkanes of at least 4 members (excludes halogenated alkanes) is 17. The summed E-state index contributed by atoms with van der Waals surface area (Å²) in [6.07, 6.45) is 67.6. The van der Waals surface area contributed by atoms with Crippen LogP contribution in [0.3, 0.4) is 0 Å². The van der Waals surface area contributed by atoms with Gasteiger partial charge in [-0.25, -0.2) is 0 Å². The summed E-state index contributed by atoms with van der Waals surface area (Å²) >= 11 is 0. The lowest BCUT2D eigenvalue weighted by Crippen LogP contribution is -2.27. The van der Waals surface area contributed by atoms with Gasteiger partial charge in [-0.2, -0.15) is 0 Å². The molecule has 4 nitrogen and oxygen atoms in total. The summed E-state index contributed by atoms with van der Waals surface area (Å²) in [7, 11) is 0. The van der Waals surface area contributed by atoms with E-state index in [1.165, 1.54) is 96.3 Å². The van der Waals surface area contributed by atoms with Crippen molar-refractivity contribution >= 4 is 5.97 Å². The van der Waals surface area contributed by atoms with Crippen molar-refractivity contribution in [2.24, 2.45) is 0 Å². The van der Waals surface area contributed by atoms with Gasteiger partial charge < -0.3 is 14.6 Å². The van der Waals surface area contributed by atoms with Crippen LogP contribution in [-0.4, -0.2) is 37.0 Å². The molecule has 0 rings (SSSR count). The number of ether oxygens (including phenoxy) is 2. The Kier molecular flexibility index (Phi) is 45.1. The van der Waals surface area contributed by atoms with Gasteiger partial charge >= 0.3 is 5.97 Å². The maximum Gasteiger partial charge on any atom is 0.306 e. The van der Waals surface area contributed by atoms with Crippen molar-refractivity contribution in [2.75, 3.05) is 19.8 Å². The van der Waals surface area contributed by atoms with Gasteiger partial charge in [-0.3, -0.25) is 4.79 Å². The molecule has 0 saturated heterocycles. The van der Waals surface area contributed by atoms with Crippen molar-refractivity contribution in [3.05, 3.63) is 97.2 Å². The number of aliphatic hydroxyl groups is 1. The van der Waals surface area contributed by atoms with Crippen LogP contribution in [0.1, 0.15) is 194 Å². The molecule has 55 heavy (non-hydrogen) atoms. The summed E-state index contributed by atoms with van der Waals surface area (Å²) in [5.41, 5.74) is 0. The van der Waals surface area contributed by atoms with E-state index in [1.54, 1.807) is 0 Å². The minimum atomic E-state index is -0.557. The van der Waals surface area contributed by atoms with Crippen molar-refractivity contribution in [1.82, 2.24) is 0 Å². The zero-order valence-corrected chi connectivity index (χ0v) is 35.9. The lowest BCUT2D eigenvalue weighted by Gasteiger charge is -2.15. The second kappa shape index (κ2) is 47.5. The summed E-state index contributed by atoms with van der Waals surface area (Å²) < 4.78 is 11.2. The van der Waals surface area contributed by atoms with Crippen LogP contribution in [0.4, 0.5) is 0 Å². The van der Waals surface area contributed by atoms with Crippen LogP contribution in [0.2, 0.25) is 0 Å². The van der Waals surface area contributed by atoms with Gasteiger partial charge in [-0.15, -0.1) is 0 Å². The molecule has 0 spiro atoms. The molecule has 1 atom stereocenters. The van der Waals surface area contributed by atoms with Crippen molar-refractivity contribution in [3.63, 3.8) is 0 Å². The van der Waals surface area contributed by atoms with Crippen LogP contribution in [-0.2, 0) is 14.3 Å². The third kappa shape index (κ3) is 45.6. The van der Waals surface area contributed by atoms with Gasteiger partial charge in [0, 0.05) is 13.0 Å². The first kappa shape index (κ1) is 52.3. The molecule has 0 aromatic rings. The van der Waals surface area contributed by atoms with Crippen molar-refractivity contribution < 1.29 is 19.4 Å². The fourth-order valence-corrected chi connectivity index (χ4v) is 6.01. The number of esters is 1. The van der Waals surface area contributed by atoms with Gasteiger partial charge in [-0.1, -0.05) is 188 Å². The molecule has 0 radical (unpaired) electrons. The lowest BCUT2D eigenvalue weighted by molar-refractivity contribution is -0.154. The molecule has 1 N–H and O–H groups in total. The highest BCUT2D eigenvalue weighted by atomic mass is 16.6. The molecular formula is C51H86O4. The Morgan fingerprint density at radius 1 is 0.455 bits per heavy atom. The van der Waals surface area contributed by atoms with E-state index in [-0.39, 0.29) is 19.2 Å². The second-order valence-corrected chi connectivity index (χ2v) is 14.7. The average Bonchev–Trinajstić information content (AvgIpc) is 3.19. The fourth-order valence-electron chi connectivity index (χ4n) is 6.01. The monoisotopic (exact) mass is 763 g/mol. The minimum absolute atomic E-state index is 0.190. The Hall–Kier alpha value is -2.69. The molecule has 0 fully saturated rings. The van der Waals surface area contributed by atoms with Gasteiger partial charge in [0.25, 0.3) is 0 Å². The van der Waals surface area contributed by atoms with E-state index in [0.717, 1.165) is 77.0 Å². The van der Waals surface area contributed by atoms with Crippen LogP contribution < -0.4 is 0 Å². The Bertz CT molecular complexity index is 1030. The number of hydrogen-bond acceptors (Lipinski definition) is 4. The molecule has 0 aliphatic carbocycles. The first-order valence-electron chi connectivity index (χ1n) is 22.8. The highest BCUT2D eigenvalue weighted by Crippen LogP contribution is 2.12. The van der Waals surface area contributed by atoms with Gasteiger partial charge in [0.05, 0.1) is 13.2 Å². The number of hydrogen-bond donors (Lipinski definition) is 1. The van der Waals surface area contributed by atoms with Crippen LogP contribution in [0.25, 0.3) is 0 Å². The second-order valence-electron chi connectivity index (χ2n) is 14.7. The third-order valence-corrected chi connectivity index (χ3v) is 9.39. The zero-order chi connectivity index (χ0) is 39.8. The van der Waals surface area contributed by atoms with E-state index in [9.17, 15) is 9.90 Å². The van der Waals surface area contributed by atoms with Crippen LogP contribution in [0, 0.1) is 0 Å². The highest BCUT2D eigenvalue weighted by Gasteiger charge is 2.13. The predicted molar refractivity (Wildman–Crippen MR) is 242 cm³/mol. The number of aliphatic hydroxyl groups excluding tert-OH is 1. The smallest absolute Gasteiger partial charge is 0.306 e. The van der Waals surface area contributed by atoms with Gasteiger partial charge in [0.1, 0.15) is 6.10 Å². The van der Waals surface area contributed by atoms with E-state index < -0.39 is 6.10 Å². The average molecular weight is 763 g/mol. The molecule has 0 heterocycles. The number of allylic oxidation sites excluding steroid dienone is 16. The summed E-state index contributed by atoms with van der Waals surface area (Å²) in [6.45, 7) is 5.16. The van der Waals surface area contributed by atoms with Gasteiger partial charge in [0.15, 0.2) is 0 Å². The molecule has 0 bridgehead atoms. The standard InChI is InChI=1S/C51H86O4/c1-3-5-7-9-11-13-15-17-19-21-22-23-24-25-26-27-28-29-31-33-35-37-39-41-43-45-47-54-49-50(48-52)55-51(53)46-44-42-40-38-36-34-32-30-20-18-16-14-12-10-8-6-4-2/h5,7,11,13,17-20,22-23,25-26,28-29,33,35,50,52H,3-4,6,8-10,12,14-16,21,24,27,30-32,34,36-49H2,1-2H3/b7-5-,13-11-,19-17-,20-18-,23-22-,26-25-,29-28-,35-33-. The number of carbonyl (C=O) groups excluding carboxylic acids is 1. The molecule has 314 valence electrons. The maximum atomic E-state index is 12.2. The Morgan fingerprint density at radius 3 is 1.25 bits per heavy atom. The first-order chi connectivity index (χ1) is 27.2. The topological polar surface area (TPSA) is 55.8 Å². The molecule has 1 unspecified atom stereocenters. The number of carbonyl (C=O) groups is 1. The molecule has 0 aromatic heterocycles. The molecular weight excluding hydrogens is 677 g/mol. The minimum Gasteiger partial charge on any atom is -0.457 e. The highest BCUT2D eigenvalue weighted by molar-refractivity contribution is 5.69. The number of rotatable bonds is 41. The first-order valence-corrected chi connectivity index (χ1v) is 22.8. The van der Waals surface area contributed by atoms with E-state index in [0.29, 0.717) is 13.0 Å². The van der Waals surface area contributed by atoms with E-state index >= 15 is 0 Å². The lowest BCUT2D eigenvalue weighted by atomic mass is 10.1. The summed E-state index contributed by atoms with van der Waals surface area (Å²) in [5, 5.41) is 9.62. The maximum absolute atomic E-state index is 12.2.